The lowest BCUT2D eigenvalue weighted by Gasteiger charge is -2.32. The predicted octanol–water partition coefficient (Wildman–Crippen LogP) is 1.40. The molecule has 2 rings (SSSR count). The molecule has 1 saturated heterocycles. The molecule has 0 spiro atoms. The maximum Gasteiger partial charge on any atom is 0.191 e. The van der Waals surface area contributed by atoms with Gasteiger partial charge < -0.3 is 15.4 Å². The van der Waals surface area contributed by atoms with Crippen molar-refractivity contribution in [3.05, 3.63) is 6.07 Å². The van der Waals surface area contributed by atoms with Crippen LogP contribution in [0.15, 0.2) is 11.2 Å². The molecule has 1 aromatic heterocycles. The first-order valence-electron chi connectivity index (χ1n) is 5.69. The van der Waals surface area contributed by atoms with E-state index in [1.807, 2.05) is 12.3 Å². The van der Waals surface area contributed by atoms with Gasteiger partial charge in [-0.2, -0.15) is 0 Å². The van der Waals surface area contributed by atoms with Crippen molar-refractivity contribution < 1.29 is 4.74 Å². The van der Waals surface area contributed by atoms with Crippen molar-refractivity contribution in [2.45, 2.75) is 24.1 Å². The Morgan fingerprint density at radius 2 is 2.12 bits per heavy atom. The van der Waals surface area contributed by atoms with Crippen molar-refractivity contribution in [2.24, 2.45) is 0 Å². The van der Waals surface area contributed by atoms with Crippen molar-refractivity contribution in [3.8, 4) is 0 Å². The van der Waals surface area contributed by atoms with E-state index < -0.39 is 0 Å². The molecule has 2 N–H and O–H groups in total. The Labute approximate surface area is 106 Å². The normalized spacial score (nSPS) is 17.4. The van der Waals surface area contributed by atoms with Crippen LogP contribution in [0.4, 0.5) is 11.6 Å². The molecule has 0 unspecified atom stereocenters. The number of piperidine rings is 1. The van der Waals surface area contributed by atoms with Gasteiger partial charge in [-0.3, -0.25) is 0 Å². The third-order valence-corrected chi connectivity index (χ3v) is 3.54. The van der Waals surface area contributed by atoms with Gasteiger partial charge in [-0.05, 0) is 19.1 Å². The molecule has 0 aromatic carbocycles. The van der Waals surface area contributed by atoms with Crippen LogP contribution >= 0.6 is 11.8 Å². The summed E-state index contributed by atoms with van der Waals surface area (Å²) in [7, 11) is 1.77. The third-order valence-electron chi connectivity index (χ3n) is 2.99. The van der Waals surface area contributed by atoms with E-state index in [0.717, 1.165) is 36.9 Å². The van der Waals surface area contributed by atoms with E-state index in [0.29, 0.717) is 11.9 Å². The highest BCUT2D eigenvalue weighted by molar-refractivity contribution is 7.98. The number of nitrogens with two attached hydrogens (primary N) is 1. The van der Waals surface area contributed by atoms with Gasteiger partial charge in [-0.15, -0.1) is 0 Å². The second-order valence-corrected chi connectivity index (χ2v) is 4.83. The first-order chi connectivity index (χ1) is 8.22. The fraction of sp³-hybridized carbons (Fsp3) is 0.636. The summed E-state index contributed by atoms with van der Waals surface area (Å²) >= 11 is 1.51. The van der Waals surface area contributed by atoms with Gasteiger partial charge in [0, 0.05) is 26.3 Å². The zero-order valence-electron chi connectivity index (χ0n) is 10.2. The van der Waals surface area contributed by atoms with Crippen LogP contribution in [0.1, 0.15) is 12.8 Å². The molecule has 2 heterocycles. The molecule has 5 nitrogen and oxygen atoms in total. The monoisotopic (exact) mass is 254 g/mol. The SMILES string of the molecule is COC1CCN(c2cc(N)nc(SC)n2)CC1. The van der Waals surface area contributed by atoms with Crippen LogP contribution in [0.25, 0.3) is 0 Å². The van der Waals surface area contributed by atoms with Crippen LogP contribution in [-0.2, 0) is 4.74 Å². The molecule has 0 amide bonds. The van der Waals surface area contributed by atoms with Crippen molar-refractivity contribution in [1.29, 1.82) is 0 Å². The van der Waals surface area contributed by atoms with Crippen LogP contribution in [-0.4, -0.2) is 42.5 Å². The first-order valence-corrected chi connectivity index (χ1v) is 6.91. The lowest BCUT2D eigenvalue weighted by atomic mass is 10.1. The smallest absolute Gasteiger partial charge is 0.191 e. The Morgan fingerprint density at radius 1 is 1.41 bits per heavy atom. The van der Waals surface area contributed by atoms with E-state index in [2.05, 4.69) is 14.9 Å². The lowest BCUT2D eigenvalue weighted by molar-refractivity contribution is 0.0818. The Kier molecular flexibility index (Phi) is 4.06. The largest absolute Gasteiger partial charge is 0.383 e. The quantitative estimate of drug-likeness (QED) is 0.649. The Hall–Kier alpha value is -1.01. The number of hydrogen-bond donors (Lipinski definition) is 1. The molecule has 6 heteroatoms. The molecule has 0 atom stereocenters. The van der Waals surface area contributed by atoms with Gasteiger partial charge in [-0.1, -0.05) is 11.8 Å². The fourth-order valence-electron chi connectivity index (χ4n) is 2.00. The van der Waals surface area contributed by atoms with Gasteiger partial charge in [-0.25, -0.2) is 9.97 Å². The van der Waals surface area contributed by atoms with Crippen LogP contribution in [0.5, 0.6) is 0 Å². The minimum Gasteiger partial charge on any atom is -0.383 e. The number of hydrogen-bond acceptors (Lipinski definition) is 6. The molecule has 1 aliphatic heterocycles. The number of thioether (sulfide) groups is 1. The Balaban J connectivity index is 2.10. The highest BCUT2D eigenvalue weighted by Gasteiger charge is 2.20. The average molecular weight is 254 g/mol. The summed E-state index contributed by atoms with van der Waals surface area (Å²) in [5.74, 6) is 1.46. The molecule has 17 heavy (non-hydrogen) atoms. The minimum atomic E-state index is 0.380. The van der Waals surface area contributed by atoms with Gasteiger partial charge in [0.1, 0.15) is 11.6 Å². The van der Waals surface area contributed by atoms with E-state index >= 15 is 0 Å². The van der Waals surface area contributed by atoms with Gasteiger partial charge in [0.2, 0.25) is 0 Å². The highest BCUT2D eigenvalue weighted by atomic mass is 32.2. The highest BCUT2D eigenvalue weighted by Crippen LogP contribution is 2.22. The maximum atomic E-state index is 5.78. The van der Waals surface area contributed by atoms with E-state index in [1.165, 1.54) is 11.8 Å². The third kappa shape index (κ3) is 3.01. The molecule has 1 aromatic rings. The Bertz CT molecular complexity index is 380. The van der Waals surface area contributed by atoms with Crippen molar-refractivity contribution >= 4 is 23.4 Å². The molecular weight excluding hydrogens is 236 g/mol. The summed E-state index contributed by atoms with van der Waals surface area (Å²) in [5.41, 5.74) is 5.78. The van der Waals surface area contributed by atoms with E-state index in [4.69, 9.17) is 10.5 Å². The van der Waals surface area contributed by atoms with Crippen LogP contribution < -0.4 is 10.6 Å². The van der Waals surface area contributed by atoms with Crippen LogP contribution in [0.3, 0.4) is 0 Å². The van der Waals surface area contributed by atoms with Gasteiger partial charge >= 0.3 is 0 Å². The summed E-state index contributed by atoms with van der Waals surface area (Å²) < 4.78 is 5.36. The second-order valence-electron chi connectivity index (χ2n) is 4.06. The van der Waals surface area contributed by atoms with Gasteiger partial charge in [0.15, 0.2) is 5.16 Å². The number of anilines is 2. The molecule has 1 aliphatic rings. The summed E-state index contributed by atoms with van der Waals surface area (Å²) in [6, 6.07) is 1.84. The number of rotatable bonds is 3. The number of aromatic nitrogens is 2. The predicted molar refractivity (Wildman–Crippen MR) is 70.5 cm³/mol. The summed E-state index contributed by atoms with van der Waals surface area (Å²) in [6.45, 7) is 1.92. The van der Waals surface area contributed by atoms with Crippen molar-refractivity contribution in [3.63, 3.8) is 0 Å². The van der Waals surface area contributed by atoms with Crippen molar-refractivity contribution in [1.82, 2.24) is 9.97 Å². The second kappa shape index (κ2) is 5.55. The van der Waals surface area contributed by atoms with E-state index in [9.17, 15) is 0 Å². The number of ether oxygens (including phenoxy) is 1. The summed E-state index contributed by atoms with van der Waals surface area (Å²) in [5, 5.41) is 0.730. The molecular formula is C11H18N4OS. The maximum absolute atomic E-state index is 5.78. The molecule has 0 aliphatic carbocycles. The van der Waals surface area contributed by atoms with Gasteiger partial charge in [0.25, 0.3) is 0 Å². The summed E-state index contributed by atoms with van der Waals surface area (Å²) in [4.78, 5) is 10.9. The minimum absolute atomic E-state index is 0.380. The summed E-state index contributed by atoms with van der Waals surface area (Å²) in [6.07, 6.45) is 4.41. The zero-order chi connectivity index (χ0) is 12.3. The average Bonchev–Trinajstić information content (AvgIpc) is 2.38. The standard InChI is InChI=1S/C11H18N4OS/c1-16-8-3-5-15(6-4-8)10-7-9(12)13-11(14-10)17-2/h7-8H,3-6H2,1-2H3,(H2,12,13,14). The first kappa shape index (κ1) is 12.4. The lowest BCUT2D eigenvalue weighted by Crippen LogP contribution is -2.37. The fourth-order valence-corrected chi connectivity index (χ4v) is 2.39. The van der Waals surface area contributed by atoms with Crippen molar-refractivity contribution in [2.75, 3.05) is 37.1 Å². The van der Waals surface area contributed by atoms with Gasteiger partial charge in [0.05, 0.1) is 6.10 Å². The molecule has 0 radical (unpaired) electrons. The van der Waals surface area contributed by atoms with E-state index in [-0.39, 0.29) is 0 Å². The molecule has 0 bridgehead atoms. The number of nitrogens with zero attached hydrogens (tertiary/aromatic N) is 3. The number of nitrogen functional groups attached to an aromatic ring is 1. The zero-order valence-corrected chi connectivity index (χ0v) is 11.0. The Morgan fingerprint density at radius 3 is 2.71 bits per heavy atom. The molecule has 1 fully saturated rings. The van der Waals surface area contributed by atoms with Crippen LogP contribution in [0, 0.1) is 0 Å². The topological polar surface area (TPSA) is 64.3 Å². The molecule has 94 valence electrons. The molecule has 0 saturated carbocycles. The number of methoxy groups -OCH3 is 1. The van der Waals surface area contributed by atoms with Crippen LogP contribution in [0.2, 0.25) is 0 Å². The van der Waals surface area contributed by atoms with E-state index in [1.54, 1.807) is 7.11 Å².